The first-order valence-electron chi connectivity index (χ1n) is 7.76. The van der Waals surface area contributed by atoms with E-state index in [9.17, 15) is 9.59 Å². The Balaban J connectivity index is 2.13. The molecule has 1 unspecified atom stereocenters. The molecule has 0 aliphatic rings. The minimum atomic E-state index is -0.439. The van der Waals surface area contributed by atoms with Crippen LogP contribution < -0.4 is 11.3 Å². The van der Waals surface area contributed by atoms with Crippen LogP contribution in [0.1, 0.15) is 18.2 Å². The zero-order chi connectivity index (χ0) is 19.0. The molecule has 26 heavy (non-hydrogen) atoms. The molecule has 0 aliphatic heterocycles. The summed E-state index contributed by atoms with van der Waals surface area (Å²) >= 11 is 14.7. The number of nitrogens with two attached hydrogens (primary N) is 1. The number of amides is 1. The fourth-order valence-corrected chi connectivity index (χ4v) is 4.88. The zero-order valence-corrected chi connectivity index (χ0v) is 17.1. The van der Waals surface area contributed by atoms with Gasteiger partial charge in [-0.1, -0.05) is 48.0 Å². The molecule has 0 saturated heterocycles. The lowest BCUT2D eigenvalue weighted by Crippen LogP contribution is -2.25. The van der Waals surface area contributed by atoms with Crippen LogP contribution in [0.2, 0.25) is 10.0 Å². The lowest BCUT2D eigenvalue weighted by atomic mass is 10.0. The van der Waals surface area contributed by atoms with Crippen molar-refractivity contribution in [2.24, 2.45) is 5.73 Å². The predicted octanol–water partition coefficient (Wildman–Crippen LogP) is 4.62. The molecule has 2 aromatic heterocycles. The molecule has 0 aliphatic carbocycles. The number of hydrogen-bond acceptors (Lipinski definition) is 5. The molecule has 1 atom stereocenters. The number of thioether (sulfide) groups is 1. The molecule has 0 fully saturated rings. The second kappa shape index (κ2) is 7.60. The molecule has 0 bridgehead atoms. The Morgan fingerprint density at radius 3 is 2.73 bits per heavy atom. The molecule has 3 aromatic rings. The van der Waals surface area contributed by atoms with Gasteiger partial charge in [-0.2, -0.15) is 0 Å². The Labute approximate surface area is 167 Å². The monoisotopic (exact) mass is 427 g/mol. The minimum Gasteiger partial charge on any atom is -0.369 e. The van der Waals surface area contributed by atoms with Gasteiger partial charge >= 0.3 is 0 Å². The highest BCUT2D eigenvalue weighted by molar-refractivity contribution is 8.00. The van der Waals surface area contributed by atoms with Crippen molar-refractivity contribution in [2.45, 2.75) is 30.7 Å². The number of thiophene rings is 1. The highest BCUT2D eigenvalue weighted by Gasteiger charge is 2.20. The molecular formula is C17H15Cl2N3O2S2. The van der Waals surface area contributed by atoms with Crippen LogP contribution in [0.4, 0.5) is 0 Å². The summed E-state index contributed by atoms with van der Waals surface area (Å²) in [5.41, 5.74) is 6.71. The summed E-state index contributed by atoms with van der Waals surface area (Å²) < 4.78 is 0. The second-order valence-corrected chi connectivity index (χ2v) is 8.84. The molecule has 0 radical (unpaired) electrons. The SMILES string of the molecule is CCC(Sc1nc2sc(C)c(-c3ccc(Cl)c(Cl)c3)c2c(=O)[nH]1)C(N)=O. The van der Waals surface area contributed by atoms with Crippen LogP contribution in [-0.4, -0.2) is 21.1 Å². The average Bonchev–Trinajstić information content (AvgIpc) is 2.91. The van der Waals surface area contributed by atoms with Crippen molar-refractivity contribution in [1.82, 2.24) is 9.97 Å². The number of carbonyl (C=O) groups excluding carboxylic acids is 1. The normalized spacial score (nSPS) is 12.5. The maximum Gasteiger partial charge on any atom is 0.260 e. The highest BCUT2D eigenvalue weighted by Crippen LogP contribution is 2.38. The lowest BCUT2D eigenvalue weighted by Gasteiger charge is -2.09. The van der Waals surface area contributed by atoms with Crippen LogP contribution in [0.5, 0.6) is 0 Å². The first kappa shape index (κ1) is 19.2. The van der Waals surface area contributed by atoms with Gasteiger partial charge in [0.15, 0.2) is 5.16 Å². The zero-order valence-electron chi connectivity index (χ0n) is 13.9. The minimum absolute atomic E-state index is 0.262. The first-order valence-corrected chi connectivity index (χ1v) is 10.2. The number of aryl methyl sites for hydroxylation is 1. The van der Waals surface area contributed by atoms with Crippen LogP contribution in [0.3, 0.4) is 0 Å². The van der Waals surface area contributed by atoms with E-state index in [2.05, 4.69) is 9.97 Å². The van der Waals surface area contributed by atoms with E-state index in [1.54, 1.807) is 12.1 Å². The molecule has 0 saturated carbocycles. The third-order valence-electron chi connectivity index (χ3n) is 3.87. The maximum absolute atomic E-state index is 12.7. The van der Waals surface area contributed by atoms with Crippen LogP contribution in [0.15, 0.2) is 28.2 Å². The number of aromatic nitrogens is 2. The lowest BCUT2D eigenvalue weighted by molar-refractivity contribution is -0.117. The Kier molecular flexibility index (Phi) is 5.62. The maximum atomic E-state index is 12.7. The number of nitrogens with zero attached hydrogens (tertiary/aromatic N) is 1. The number of hydrogen-bond donors (Lipinski definition) is 2. The smallest absolute Gasteiger partial charge is 0.260 e. The number of H-pyrrole nitrogens is 1. The molecule has 1 aromatic carbocycles. The van der Waals surface area contributed by atoms with Gasteiger partial charge < -0.3 is 10.7 Å². The van der Waals surface area contributed by atoms with E-state index in [0.717, 1.165) is 16.0 Å². The number of aromatic amines is 1. The Morgan fingerprint density at radius 1 is 1.38 bits per heavy atom. The summed E-state index contributed by atoms with van der Waals surface area (Å²) in [7, 11) is 0. The fourth-order valence-electron chi connectivity index (χ4n) is 2.63. The topological polar surface area (TPSA) is 88.8 Å². The van der Waals surface area contributed by atoms with Gasteiger partial charge in [-0.3, -0.25) is 9.59 Å². The second-order valence-electron chi connectivity index (χ2n) is 5.63. The fraction of sp³-hybridized carbons (Fsp3) is 0.235. The Hall–Kier alpha value is -1.54. The molecule has 5 nitrogen and oxygen atoms in total. The number of halogens is 2. The van der Waals surface area contributed by atoms with Gasteiger partial charge in [-0.05, 0) is 31.0 Å². The summed E-state index contributed by atoms with van der Waals surface area (Å²) in [6, 6.07) is 5.26. The standard InChI is InChI=1S/C17H15Cl2N3O2S2/c1-3-11(14(20)23)26-17-21-15(24)13-12(7(2)25-16(13)22-17)8-4-5-9(18)10(19)6-8/h4-6,11H,3H2,1-2H3,(H2,20,23)(H,21,22,24). The van der Waals surface area contributed by atoms with Crippen LogP contribution in [0, 0.1) is 6.92 Å². The van der Waals surface area contributed by atoms with E-state index in [0.29, 0.717) is 31.8 Å². The third-order valence-corrected chi connectivity index (χ3v) is 6.87. The summed E-state index contributed by atoms with van der Waals surface area (Å²) in [5.74, 6) is -0.431. The van der Waals surface area contributed by atoms with Crippen LogP contribution >= 0.6 is 46.3 Å². The van der Waals surface area contributed by atoms with E-state index < -0.39 is 11.2 Å². The van der Waals surface area contributed by atoms with Gasteiger partial charge in [-0.15, -0.1) is 11.3 Å². The summed E-state index contributed by atoms with van der Waals surface area (Å²) in [4.78, 5) is 33.0. The largest absolute Gasteiger partial charge is 0.369 e. The van der Waals surface area contributed by atoms with E-state index in [1.165, 1.54) is 23.1 Å². The number of rotatable bonds is 5. The van der Waals surface area contributed by atoms with E-state index in [1.807, 2.05) is 19.9 Å². The summed E-state index contributed by atoms with van der Waals surface area (Å²) in [5, 5.41) is 1.32. The molecule has 3 rings (SSSR count). The molecule has 1 amide bonds. The number of carbonyl (C=O) groups is 1. The number of benzene rings is 1. The summed E-state index contributed by atoms with van der Waals surface area (Å²) in [6.07, 6.45) is 0.555. The first-order chi connectivity index (χ1) is 12.3. The van der Waals surface area contributed by atoms with E-state index >= 15 is 0 Å². The van der Waals surface area contributed by atoms with Crippen molar-refractivity contribution in [3.63, 3.8) is 0 Å². The van der Waals surface area contributed by atoms with Crippen LogP contribution in [-0.2, 0) is 4.79 Å². The number of nitrogens with one attached hydrogen (secondary N) is 1. The molecule has 136 valence electrons. The molecular weight excluding hydrogens is 413 g/mol. The van der Waals surface area contributed by atoms with E-state index in [4.69, 9.17) is 28.9 Å². The van der Waals surface area contributed by atoms with E-state index in [-0.39, 0.29) is 5.56 Å². The van der Waals surface area contributed by atoms with Gasteiger partial charge in [0.25, 0.3) is 5.56 Å². The predicted molar refractivity (Wildman–Crippen MR) is 110 cm³/mol. The van der Waals surface area contributed by atoms with Crippen molar-refractivity contribution in [3.8, 4) is 11.1 Å². The van der Waals surface area contributed by atoms with Gasteiger partial charge in [0.1, 0.15) is 4.83 Å². The van der Waals surface area contributed by atoms with Crippen molar-refractivity contribution in [2.75, 3.05) is 0 Å². The third kappa shape index (κ3) is 3.62. The molecule has 2 heterocycles. The van der Waals surface area contributed by atoms with Crippen LogP contribution in [0.25, 0.3) is 21.3 Å². The molecule has 9 heteroatoms. The summed E-state index contributed by atoms with van der Waals surface area (Å²) in [6.45, 7) is 3.78. The number of primary amides is 1. The molecule has 3 N–H and O–H groups in total. The highest BCUT2D eigenvalue weighted by atomic mass is 35.5. The van der Waals surface area contributed by atoms with Crippen molar-refractivity contribution in [3.05, 3.63) is 43.5 Å². The van der Waals surface area contributed by atoms with Crippen molar-refractivity contribution in [1.29, 1.82) is 0 Å². The van der Waals surface area contributed by atoms with Crippen molar-refractivity contribution >= 4 is 62.4 Å². The van der Waals surface area contributed by atoms with Crippen molar-refractivity contribution < 1.29 is 4.79 Å². The molecule has 0 spiro atoms. The van der Waals surface area contributed by atoms with Gasteiger partial charge in [0.2, 0.25) is 5.91 Å². The Bertz CT molecular complexity index is 1060. The van der Waals surface area contributed by atoms with Gasteiger partial charge in [0, 0.05) is 10.4 Å². The Morgan fingerprint density at radius 2 is 2.12 bits per heavy atom. The number of fused-ring (bicyclic) bond motifs is 1. The average molecular weight is 428 g/mol. The van der Waals surface area contributed by atoms with Gasteiger partial charge in [0.05, 0.1) is 20.7 Å². The quantitative estimate of drug-likeness (QED) is 0.458. The van der Waals surface area contributed by atoms with Gasteiger partial charge in [-0.25, -0.2) is 4.98 Å².